The Bertz CT molecular complexity index is 384. The predicted molar refractivity (Wildman–Crippen MR) is 84.3 cm³/mol. The van der Waals surface area contributed by atoms with Crippen molar-refractivity contribution in [1.82, 2.24) is 10.2 Å². The van der Waals surface area contributed by atoms with E-state index in [1.54, 1.807) is 0 Å². The van der Waals surface area contributed by atoms with Crippen LogP contribution in [-0.2, 0) is 0 Å². The Balaban J connectivity index is 1.79. The first-order valence-electron chi connectivity index (χ1n) is 7.91. The summed E-state index contributed by atoms with van der Waals surface area (Å²) in [5.41, 5.74) is 1.32. The number of benzene rings is 1. The van der Waals surface area contributed by atoms with Crippen LogP contribution < -0.4 is 10.1 Å². The molecule has 0 saturated carbocycles. The average molecular weight is 276 g/mol. The molecule has 0 aliphatic carbocycles. The van der Waals surface area contributed by atoms with Gasteiger partial charge in [-0.1, -0.05) is 12.1 Å². The summed E-state index contributed by atoms with van der Waals surface area (Å²) in [5.74, 6) is 0.953. The van der Waals surface area contributed by atoms with Crippen LogP contribution in [0.5, 0.6) is 5.75 Å². The topological polar surface area (TPSA) is 24.5 Å². The fourth-order valence-electron chi connectivity index (χ4n) is 2.80. The molecule has 0 bridgehead atoms. The van der Waals surface area contributed by atoms with Crippen molar-refractivity contribution in [3.63, 3.8) is 0 Å². The number of likely N-dealkylation sites (tertiary alicyclic amines) is 1. The van der Waals surface area contributed by atoms with E-state index < -0.39 is 0 Å². The van der Waals surface area contributed by atoms with Gasteiger partial charge in [0.15, 0.2) is 0 Å². The minimum absolute atomic E-state index is 0.385. The van der Waals surface area contributed by atoms with E-state index in [2.05, 4.69) is 48.3 Å². The van der Waals surface area contributed by atoms with Crippen LogP contribution in [0.15, 0.2) is 24.3 Å². The molecule has 2 rings (SSSR count). The van der Waals surface area contributed by atoms with Crippen molar-refractivity contribution < 1.29 is 4.74 Å². The molecule has 112 valence electrons. The Morgan fingerprint density at radius 1 is 1.15 bits per heavy atom. The highest BCUT2D eigenvalue weighted by Crippen LogP contribution is 2.18. The molecule has 0 amide bonds. The van der Waals surface area contributed by atoms with E-state index in [1.165, 1.54) is 31.5 Å². The van der Waals surface area contributed by atoms with E-state index in [1.807, 2.05) is 6.92 Å². The van der Waals surface area contributed by atoms with E-state index in [9.17, 15) is 0 Å². The van der Waals surface area contributed by atoms with Gasteiger partial charge in [-0.3, -0.25) is 4.90 Å². The predicted octanol–water partition coefficient (Wildman–Crippen LogP) is 3.22. The lowest BCUT2D eigenvalue weighted by molar-refractivity contribution is 0.247. The quantitative estimate of drug-likeness (QED) is 0.827. The lowest BCUT2D eigenvalue weighted by Crippen LogP contribution is -2.39. The average Bonchev–Trinajstić information content (AvgIpc) is 3.00. The third-order valence-corrected chi connectivity index (χ3v) is 4.17. The van der Waals surface area contributed by atoms with E-state index >= 15 is 0 Å². The Labute approximate surface area is 123 Å². The second-order valence-corrected chi connectivity index (χ2v) is 5.72. The van der Waals surface area contributed by atoms with E-state index in [-0.39, 0.29) is 0 Å². The number of hydrogen-bond acceptors (Lipinski definition) is 3. The summed E-state index contributed by atoms with van der Waals surface area (Å²) < 4.78 is 5.48. The van der Waals surface area contributed by atoms with Gasteiger partial charge < -0.3 is 10.1 Å². The zero-order chi connectivity index (χ0) is 14.4. The zero-order valence-corrected chi connectivity index (χ0v) is 13.1. The van der Waals surface area contributed by atoms with Gasteiger partial charge in [-0.15, -0.1) is 0 Å². The molecule has 1 aliphatic rings. The van der Waals surface area contributed by atoms with Crippen LogP contribution in [0.1, 0.15) is 45.2 Å². The molecule has 1 aromatic rings. The van der Waals surface area contributed by atoms with Gasteiger partial charge in [0.25, 0.3) is 0 Å². The molecular formula is C17H28N2O. The molecule has 3 nitrogen and oxygen atoms in total. The fraction of sp³-hybridized carbons (Fsp3) is 0.647. The molecule has 1 saturated heterocycles. The van der Waals surface area contributed by atoms with Crippen LogP contribution in [0.3, 0.4) is 0 Å². The first kappa shape index (κ1) is 15.3. The third-order valence-electron chi connectivity index (χ3n) is 4.17. The maximum absolute atomic E-state index is 5.48. The molecule has 2 unspecified atom stereocenters. The SMILES string of the molecule is CCOc1ccc(C(C)NCC(C)N2CCCC2)cc1. The van der Waals surface area contributed by atoms with Gasteiger partial charge in [0, 0.05) is 18.6 Å². The van der Waals surface area contributed by atoms with E-state index in [0.29, 0.717) is 12.1 Å². The number of nitrogens with zero attached hydrogens (tertiary/aromatic N) is 1. The largest absolute Gasteiger partial charge is 0.494 e. The van der Waals surface area contributed by atoms with Gasteiger partial charge >= 0.3 is 0 Å². The van der Waals surface area contributed by atoms with Crippen LogP contribution in [0.4, 0.5) is 0 Å². The van der Waals surface area contributed by atoms with Crippen LogP contribution in [0.2, 0.25) is 0 Å². The van der Waals surface area contributed by atoms with Crippen LogP contribution in [0, 0.1) is 0 Å². The van der Waals surface area contributed by atoms with Gasteiger partial charge in [-0.25, -0.2) is 0 Å². The third kappa shape index (κ3) is 4.22. The van der Waals surface area contributed by atoms with Gasteiger partial charge in [-0.05, 0) is 64.4 Å². The zero-order valence-electron chi connectivity index (χ0n) is 13.1. The second kappa shape index (κ2) is 7.65. The molecular weight excluding hydrogens is 248 g/mol. The van der Waals surface area contributed by atoms with Crippen molar-refractivity contribution in [2.75, 3.05) is 26.2 Å². The van der Waals surface area contributed by atoms with Crippen LogP contribution in [0.25, 0.3) is 0 Å². The Hall–Kier alpha value is -1.06. The van der Waals surface area contributed by atoms with Crippen LogP contribution >= 0.6 is 0 Å². The van der Waals surface area contributed by atoms with Crippen molar-refractivity contribution in [1.29, 1.82) is 0 Å². The molecule has 2 atom stereocenters. The van der Waals surface area contributed by atoms with E-state index in [0.717, 1.165) is 18.9 Å². The van der Waals surface area contributed by atoms with Crippen molar-refractivity contribution >= 4 is 0 Å². The first-order valence-corrected chi connectivity index (χ1v) is 7.91. The van der Waals surface area contributed by atoms with E-state index in [4.69, 9.17) is 4.74 Å². The Kier molecular flexibility index (Phi) is 5.86. The van der Waals surface area contributed by atoms with Crippen molar-refractivity contribution in [3.05, 3.63) is 29.8 Å². The number of ether oxygens (including phenoxy) is 1. The molecule has 1 aliphatic heterocycles. The van der Waals surface area contributed by atoms with Gasteiger partial charge in [0.1, 0.15) is 5.75 Å². The Morgan fingerprint density at radius 2 is 1.80 bits per heavy atom. The molecule has 0 aromatic heterocycles. The molecule has 20 heavy (non-hydrogen) atoms. The lowest BCUT2D eigenvalue weighted by atomic mass is 10.1. The van der Waals surface area contributed by atoms with Crippen LogP contribution in [-0.4, -0.2) is 37.2 Å². The smallest absolute Gasteiger partial charge is 0.119 e. The molecule has 0 radical (unpaired) electrons. The highest BCUT2D eigenvalue weighted by Gasteiger charge is 2.18. The second-order valence-electron chi connectivity index (χ2n) is 5.72. The van der Waals surface area contributed by atoms with Gasteiger partial charge in [0.2, 0.25) is 0 Å². The number of hydrogen-bond donors (Lipinski definition) is 1. The standard InChI is InChI=1S/C17H28N2O/c1-4-20-17-9-7-16(8-10-17)15(3)18-13-14(2)19-11-5-6-12-19/h7-10,14-15,18H,4-6,11-13H2,1-3H3. The molecule has 3 heteroatoms. The highest BCUT2D eigenvalue weighted by atomic mass is 16.5. The minimum Gasteiger partial charge on any atom is -0.494 e. The molecule has 1 aromatic carbocycles. The summed E-state index contributed by atoms with van der Waals surface area (Å²) in [7, 11) is 0. The monoisotopic (exact) mass is 276 g/mol. The summed E-state index contributed by atoms with van der Waals surface area (Å²) in [6.07, 6.45) is 2.72. The fourth-order valence-corrected chi connectivity index (χ4v) is 2.80. The summed E-state index contributed by atoms with van der Waals surface area (Å²) in [6.45, 7) is 10.9. The molecule has 1 N–H and O–H groups in total. The maximum Gasteiger partial charge on any atom is 0.119 e. The minimum atomic E-state index is 0.385. The Morgan fingerprint density at radius 3 is 2.40 bits per heavy atom. The highest BCUT2D eigenvalue weighted by molar-refractivity contribution is 5.28. The number of rotatable bonds is 7. The molecule has 0 spiro atoms. The van der Waals surface area contributed by atoms with Gasteiger partial charge in [0.05, 0.1) is 6.61 Å². The summed E-state index contributed by atoms with van der Waals surface area (Å²) in [6, 6.07) is 9.44. The number of nitrogens with one attached hydrogen (secondary N) is 1. The molecule has 1 fully saturated rings. The lowest BCUT2D eigenvalue weighted by Gasteiger charge is -2.26. The normalized spacial score (nSPS) is 18.9. The van der Waals surface area contributed by atoms with Gasteiger partial charge in [-0.2, -0.15) is 0 Å². The summed E-state index contributed by atoms with van der Waals surface area (Å²) >= 11 is 0. The summed E-state index contributed by atoms with van der Waals surface area (Å²) in [5, 5.41) is 3.64. The summed E-state index contributed by atoms with van der Waals surface area (Å²) in [4.78, 5) is 2.58. The maximum atomic E-state index is 5.48. The van der Waals surface area contributed by atoms with Crippen molar-refractivity contribution in [3.8, 4) is 5.75 Å². The molecule has 1 heterocycles. The van der Waals surface area contributed by atoms with Crippen molar-refractivity contribution in [2.45, 2.75) is 45.7 Å². The van der Waals surface area contributed by atoms with Crippen molar-refractivity contribution in [2.24, 2.45) is 0 Å². The first-order chi connectivity index (χ1) is 9.70.